The van der Waals surface area contributed by atoms with Crippen LogP contribution in [0.15, 0.2) is 18.2 Å². The van der Waals surface area contributed by atoms with Gasteiger partial charge in [0.15, 0.2) is 0 Å². The molecule has 0 saturated carbocycles. The van der Waals surface area contributed by atoms with Crippen molar-refractivity contribution < 1.29 is 9.84 Å². The van der Waals surface area contributed by atoms with Crippen LogP contribution in [-0.4, -0.2) is 42.9 Å². The molecule has 0 aliphatic rings. The number of benzene rings is 1. The third-order valence-corrected chi connectivity index (χ3v) is 3.00. The molecule has 0 aromatic heterocycles. The molecule has 0 unspecified atom stereocenters. The Morgan fingerprint density at radius 3 is 2.63 bits per heavy atom. The second-order valence-electron chi connectivity index (χ2n) is 4.33. The SMILES string of the molecule is CCN(CC)CCOc1ccc(C)cc1C#CCO. The number of nitrogens with zero attached hydrogens (tertiary/aromatic N) is 1. The largest absolute Gasteiger partial charge is 0.491 e. The molecular weight excluding hydrogens is 238 g/mol. The molecule has 0 spiro atoms. The molecule has 3 heteroatoms. The fraction of sp³-hybridized carbons (Fsp3) is 0.500. The molecule has 1 aromatic carbocycles. The lowest BCUT2D eigenvalue weighted by atomic mass is 10.1. The van der Waals surface area contributed by atoms with Gasteiger partial charge < -0.3 is 14.7 Å². The zero-order valence-electron chi connectivity index (χ0n) is 12.1. The molecule has 1 rings (SSSR count). The van der Waals surface area contributed by atoms with Crippen LogP contribution in [0, 0.1) is 18.8 Å². The van der Waals surface area contributed by atoms with Gasteiger partial charge in [0.1, 0.15) is 19.0 Å². The van der Waals surface area contributed by atoms with Crippen molar-refractivity contribution in [2.24, 2.45) is 0 Å². The highest BCUT2D eigenvalue weighted by molar-refractivity contribution is 5.48. The van der Waals surface area contributed by atoms with E-state index in [9.17, 15) is 0 Å². The average molecular weight is 261 g/mol. The molecule has 0 atom stereocenters. The maximum atomic E-state index is 8.78. The van der Waals surface area contributed by atoms with Crippen molar-refractivity contribution in [2.45, 2.75) is 20.8 Å². The molecule has 3 nitrogen and oxygen atoms in total. The zero-order valence-corrected chi connectivity index (χ0v) is 12.1. The highest BCUT2D eigenvalue weighted by Crippen LogP contribution is 2.19. The van der Waals surface area contributed by atoms with Gasteiger partial charge in [-0.2, -0.15) is 0 Å². The quantitative estimate of drug-likeness (QED) is 0.796. The third kappa shape index (κ3) is 5.34. The Hall–Kier alpha value is -1.50. The number of aliphatic hydroxyl groups excluding tert-OH is 1. The van der Waals surface area contributed by atoms with Gasteiger partial charge in [0.25, 0.3) is 0 Å². The van der Waals surface area contributed by atoms with Crippen LogP contribution in [-0.2, 0) is 0 Å². The lowest BCUT2D eigenvalue weighted by molar-refractivity contribution is 0.222. The molecule has 0 aliphatic carbocycles. The smallest absolute Gasteiger partial charge is 0.134 e. The van der Waals surface area contributed by atoms with Crippen LogP contribution >= 0.6 is 0 Å². The summed E-state index contributed by atoms with van der Waals surface area (Å²) in [5, 5.41) is 8.78. The van der Waals surface area contributed by atoms with Gasteiger partial charge in [0, 0.05) is 6.54 Å². The summed E-state index contributed by atoms with van der Waals surface area (Å²) in [6, 6.07) is 5.94. The number of hydrogen-bond acceptors (Lipinski definition) is 3. The summed E-state index contributed by atoms with van der Waals surface area (Å²) in [4.78, 5) is 2.31. The highest BCUT2D eigenvalue weighted by atomic mass is 16.5. The van der Waals surface area contributed by atoms with E-state index < -0.39 is 0 Å². The van der Waals surface area contributed by atoms with Crippen LogP contribution in [0.2, 0.25) is 0 Å². The van der Waals surface area contributed by atoms with E-state index in [0.717, 1.165) is 36.5 Å². The normalized spacial score (nSPS) is 10.2. The van der Waals surface area contributed by atoms with E-state index in [4.69, 9.17) is 9.84 Å². The molecule has 1 aromatic rings. The van der Waals surface area contributed by atoms with Crippen LogP contribution in [0.5, 0.6) is 5.75 Å². The Morgan fingerprint density at radius 1 is 1.26 bits per heavy atom. The summed E-state index contributed by atoms with van der Waals surface area (Å²) in [7, 11) is 0. The summed E-state index contributed by atoms with van der Waals surface area (Å²) in [6.07, 6.45) is 0. The van der Waals surface area contributed by atoms with E-state index in [1.807, 2.05) is 25.1 Å². The summed E-state index contributed by atoms with van der Waals surface area (Å²) in [5.74, 6) is 6.39. The van der Waals surface area contributed by atoms with Gasteiger partial charge in [-0.1, -0.05) is 31.8 Å². The van der Waals surface area contributed by atoms with Crippen LogP contribution in [0.3, 0.4) is 0 Å². The van der Waals surface area contributed by atoms with Crippen LogP contribution in [0.4, 0.5) is 0 Å². The third-order valence-electron chi connectivity index (χ3n) is 3.00. The second-order valence-corrected chi connectivity index (χ2v) is 4.33. The number of aryl methyl sites for hydroxylation is 1. The lowest BCUT2D eigenvalue weighted by Crippen LogP contribution is -2.28. The first-order valence-corrected chi connectivity index (χ1v) is 6.76. The van der Waals surface area contributed by atoms with Crippen molar-refractivity contribution in [3.63, 3.8) is 0 Å². The number of aliphatic hydroxyl groups is 1. The fourth-order valence-corrected chi connectivity index (χ4v) is 1.83. The van der Waals surface area contributed by atoms with Crippen molar-refractivity contribution in [3.8, 4) is 17.6 Å². The highest BCUT2D eigenvalue weighted by Gasteiger charge is 2.03. The second kappa shape index (κ2) is 8.58. The van der Waals surface area contributed by atoms with Crippen LogP contribution < -0.4 is 4.74 Å². The Balaban J connectivity index is 2.67. The number of likely N-dealkylation sites (N-methyl/N-ethyl adjacent to an activating group) is 1. The monoisotopic (exact) mass is 261 g/mol. The van der Waals surface area contributed by atoms with E-state index in [-0.39, 0.29) is 6.61 Å². The molecule has 0 bridgehead atoms. The van der Waals surface area contributed by atoms with Crippen LogP contribution in [0.1, 0.15) is 25.0 Å². The first-order chi connectivity index (χ1) is 9.21. The number of hydrogen-bond donors (Lipinski definition) is 1. The van der Waals surface area contributed by atoms with Gasteiger partial charge in [-0.05, 0) is 37.7 Å². The van der Waals surface area contributed by atoms with E-state index in [2.05, 4.69) is 30.6 Å². The van der Waals surface area contributed by atoms with Crippen molar-refractivity contribution in [1.82, 2.24) is 4.90 Å². The summed E-state index contributed by atoms with van der Waals surface area (Å²) in [6.45, 7) is 9.81. The molecule has 0 heterocycles. The zero-order chi connectivity index (χ0) is 14.1. The van der Waals surface area contributed by atoms with Crippen molar-refractivity contribution in [2.75, 3.05) is 32.8 Å². The Bertz CT molecular complexity index is 442. The molecule has 0 aliphatic heterocycles. The molecule has 1 N–H and O–H groups in total. The molecule has 0 radical (unpaired) electrons. The van der Waals surface area contributed by atoms with Gasteiger partial charge in [0.2, 0.25) is 0 Å². The fourth-order valence-electron chi connectivity index (χ4n) is 1.83. The molecule has 0 saturated heterocycles. The maximum Gasteiger partial charge on any atom is 0.134 e. The first kappa shape index (κ1) is 15.6. The average Bonchev–Trinajstić information content (AvgIpc) is 2.43. The summed E-state index contributed by atoms with van der Waals surface area (Å²) >= 11 is 0. The predicted octanol–water partition coefficient (Wildman–Crippen LogP) is 2.06. The summed E-state index contributed by atoms with van der Waals surface area (Å²) in [5.41, 5.74) is 1.98. The minimum Gasteiger partial charge on any atom is -0.491 e. The van der Waals surface area contributed by atoms with Gasteiger partial charge in [-0.25, -0.2) is 0 Å². The molecule has 0 amide bonds. The predicted molar refractivity (Wildman–Crippen MR) is 78.4 cm³/mol. The molecule has 0 fully saturated rings. The van der Waals surface area contributed by atoms with Gasteiger partial charge in [0.05, 0.1) is 5.56 Å². The molecule has 19 heavy (non-hydrogen) atoms. The van der Waals surface area contributed by atoms with Crippen molar-refractivity contribution in [1.29, 1.82) is 0 Å². The number of rotatable bonds is 6. The number of ether oxygens (including phenoxy) is 1. The van der Waals surface area contributed by atoms with Crippen molar-refractivity contribution in [3.05, 3.63) is 29.3 Å². The van der Waals surface area contributed by atoms with Gasteiger partial charge in [-0.3, -0.25) is 0 Å². The van der Waals surface area contributed by atoms with Gasteiger partial charge in [-0.15, -0.1) is 0 Å². The van der Waals surface area contributed by atoms with E-state index in [1.165, 1.54) is 0 Å². The van der Waals surface area contributed by atoms with E-state index >= 15 is 0 Å². The van der Waals surface area contributed by atoms with Crippen molar-refractivity contribution >= 4 is 0 Å². The first-order valence-electron chi connectivity index (χ1n) is 6.76. The van der Waals surface area contributed by atoms with Gasteiger partial charge >= 0.3 is 0 Å². The minimum absolute atomic E-state index is 0.132. The Kier molecular flexibility index (Phi) is 7.02. The Labute approximate surface area is 116 Å². The molecule has 104 valence electrons. The van der Waals surface area contributed by atoms with E-state index in [0.29, 0.717) is 6.61 Å². The lowest BCUT2D eigenvalue weighted by Gasteiger charge is -2.18. The minimum atomic E-state index is -0.132. The topological polar surface area (TPSA) is 32.7 Å². The maximum absolute atomic E-state index is 8.78. The van der Waals surface area contributed by atoms with Crippen LogP contribution in [0.25, 0.3) is 0 Å². The molecular formula is C16H23NO2. The summed E-state index contributed by atoms with van der Waals surface area (Å²) < 4.78 is 5.80. The Morgan fingerprint density at radius 2 is 2.00 bits per heavy atom. The standard InChI is InChI=1S/C16H23NO2/c1-4-17(5-2)10-12-19-16-9-8-14(3)13-15(16)7-6-11-18/h8-9,13,18H,4-5,10-12H2,1-3H3. The van der Waals surface area contributed by atoms with E-state index in [1.54, 1.807) is 0 Å².